The number of pyridine rings is 1. The van der Waals surface area contributed by atoms with Gasteiger partial charge in [-0.3, -0.25) is 9.88 Å². The monoisotopic (exact) mass is 406 g/mol. The summed E-state index contributed by atoms with van der Waals surface area (Å²) in [5, 5.41) is 19.2. The summed E-state index contributed by atoms with van der Waals surface area (Å²) in [6, 6.07) is 33.5. The highest BCUT2D eigenvalue weighted by molar-refractivity contribution is 6.58. The molecule has 1 aromatic heterocycles. The Morgan fingerprint density at radius 1 is 0.710 bits per heavy atom. The quantitative estimate of drug-likeness (QED) is 0.395. The Morgan fingerprint density at radius 3 is 1.65 bits per heavy atom. The van der Waals surface area contributed by atoms with Crippen LogP contribution in [0.5, 0.6) is 0 Å². The summed E-state index contributed by atoms with van der Waals surface area (Å²) >= 11 is 0. The van der Waals surface area contributed by atoms with Crippen molar-refractivity contribution in [1.82, 2.24) is 9.88 Å². The molecule has 2 N–H and O–H groups in total. The highest BCUT2D eigenvalue weighted by Gasteiger charge is 2.44. The molecule has 0 saturated heterocycles. The first-order valence-corrected chi connectivity index (χ1v) is 10.4. The molecule has 2 heterocycles. The number of aromatic nitrogens is 1. The number of hydrogen-bond acceptors (Lipinski definition) is 4. The predicted octanol–water partition coefficient (Wildman–Crippen LogP) is 3.07. The molecule has 4 nitrogen and oxygen atoms in total. The number of nitrogens with zero attached hydrogens (tertiary/aromatic N) is 2. The zero-order valence-corrected chi connectivity index (χ0v) is 17.1. The third-order valence-corrected chi connectivity index (χ3v) is 6.13. The van der Waals surface area contributed by atoms with Crippen LogP contribution in [0.4, 0.5) is 0 Å². The standard InChI is InChI=1S/C26H23BN2O2/c30-27(31)24-16-20-18-29(19-25(20)28-17-24)26(21-10-4-1-5-11-21,22-12-6-2-7-13-22)23-14-8-3-9-15-23/h1-17,30-31H,18-19H2. The number of fused-ring (bicyclic) bond motifs is 1. The van der Waals surface area contributed by atoms with Gasteiger partial charge in [0.2, 0.25) is 0 Å². The van der Waals surface area contributed by atoms with Crippen molar-refractivity contribution in [3.05, 3.63) is 131 Å². The van der Waals surface area contributed by atoms with E-state index < -0.39 is 12.7 Å². The van der Waals surface area contributed by atoms with Crippen LogP contribution < -0.4 is 5.46 Å². The lowest BCUT2D eigenvalue weighted by Gasteiger charge is -2.43. The Kier molecular flexibility index (Phi) is 5.16. The zero-order chi connectivity index (χ0) is 21.3. The average molecular weight is 406 g/mol. The van der Waals surface area contributed by atoms with Gasteiger partial charge in [0.25, 0.3) is 0 Å². The first kappa shape index (κ1) is 19.7. The van der Waals surface area contributed by atoms with Crippen LogP contribution >= 0.6 is 0 Å². The Morgan fingerprint density at radius 2 is 1.19 bits per heavy atom. The molecule has 0 spiro atoms. The van der Waals surface area contributed by atoms with E-state index in [2.05, 4.69) is 82.7 Å². The Labute approximate surface area is 182 Å². The molecule has 5 heteroatoms. The minimum absolute atomic E-state index is 0.422. The molecule has 3 aromatic carbocycles. The molecular weight excluding hydrogens is 383 g/mol. The summed E-state index contributed by atoms with van der Waals surface area (Å²) in [4.78, 5) is 6.99. The van der Waals surface area contributed by atoms with Crippen LogP contribution in [-0.4, -0.2) is 27.1 Å². The molecule has 0 saturated carbocycles. The summed E-state index contributed by atoms with van der Waals surface area (Å²) in [7, 11) is -1.52. The molecular formula is C26H23BN2O2. The van der Waals surface area contributed by atoms with Crippen LogP contribution in [0.15, 0.2) is 103 Å². The second-order valence-electron chi connectivity index (χ2n) is 7.91. The smallest absolute Gasteiger partial charge is 0.423 e. The van der Waals surface area contributed by atoms with Gasteiger partial charge in [-0.1, -0.05) is 97.1 Å². The highest BCUT2D eigenvalue weighted by atomic mass is 16.4. The van der Waals surface area contributed by atoms with E-state index in [-0.39, 0.29) is 0 Å². The summed E-state index contributed by atoms with van der Waals surface area (Å²) in [6.45, 7) is 1.32. The van der Waals surface area contributed by atoms with Crippen molar-refractivity contribution in [3.8, 4) is 0 Å². The van der Waals surface area contributed by atoms with Crippen molar-refractivity contribution in [2.24, 2.45) is 0 Å². The molecule has 0 atom stereocenters. The van der Waals surface area contributed by atoms with Crippen LogP contribution in [0.25, 0.3) is 0 Å². The van der Waals surface area contributed by atoms with Crippen LogP contribution in [0.2, 0.25) is 0 Å². The Balaban J connectivity index is 1.73. The highest BCUT2D eigenvalue weighted by Crippen LogP contribution is 2.45. The van der Waals surface area contributed by atoms with E-state index in [0.29, 0.717) is 18.6 Å². The van der Waals surface area contributed by atoms with Crippen LogP contribution in [0, 0.1) is 0 Å². The SMILES string of the molecule is OB(O)c1cnc2c(c1)CN(C(c1ccccc1)(c1ccccc1)c1ccccc1)C2. The lowest BCUT2D eigenvalue weighted by molar-refractivity contribution is 0.156. The summed E-state index contributed by atoms with van der Waals surface area (Å²) in [5.74, 6) is 0. The van der Waals surface area contributed by atoms with Gasteiger partial charge in [0.1, 0.15) is 0 Å². The van der Waals surface area contributed by atoms with Gasteiger partial charge in [-0.05, 0) is 22.3 Å². The summed E-state index contributed by atoms with van der Waals surface area (Å²) < 4.78 is 0. The first-order valence-electron chi connectivity index (χ1n) is 10.4. The second kappa shape index (κ2) is 8.12. The maximum absolute atomic E-state index is 9.62. The first-order chi connectivity index (χ1) is 15.2. The minimum atomic E-state index is -1.52. The van der Waals surface area contributed by atoms with E-state index in [1.54, 1.807) is 6.20 Å². The second-order valence-corrected chi connectivity index (χ2v) is 7.91. The van der Waals surface area contributed by atoms with Crippen LogP contribution in [-0.2, 0) is 18.6 Å². The predicted molar refractivity (Wildman–Crippen MR) is 123 cm³/mol. The molecule has 1 aliphatic rings. The molecule has 31 heavy (non-hydrogen) atoms. The van der Waals surface area contributed by atoms with Gasteiger partial charge >= 0.3 is 7.12 Å². The fraction of sp³-hybridized carbons (Fsp3) is 0.115. The fourth-order valence-electron chi connectivity index (χ4n) is 4.74. The van der Waals surface area contributed by atoms with Gasteiger partial charge in [-0.25, -0.2) is 0 Å². The van der Waals surface area contributed by atoms with Crippen molar-refractivity contribution < 1.29 is 10.0 Å². The summed E-state index contributed by atoms with van der Waals surface area (Å²) in [5.41, 5.74) is 5.45. The van der Waals surface area contributed by atoms with E-state index in [1.165, 1.54) is 16.7 Å². The van der Waals surface area contributed by atoms with Crippen molar-refractivity contribution >= 4 is 12.6 Å². The lowest BCUT2D eigenvalue weighted by atomic mass is 9.75. The van der Waals surface area contributed by atoms with Crippen molar-refractivity contribution in [1.29, 1.82) is 0 Å². The normalized spacial score (nSPS) is 13.7. The van der Waals surface area contributed by atoms with Gasteiger partial charge in [0.15, 0.2) is 0 Å². The number of benzene rings is 3. The topological polar surface area (TPSA) is 56.6 Å². The van der Waals surface area contributed by atoms with Gasteiger partial charge in [-0.15, -0.1) is 0 Å². The largest absolute Gasteiger partial charge is 0.490 e. The fourth-order valence-corrected chi connectivity index (χ4v) is 4.74. The molecule has 0 aliphatic carbocycles. The molecule has 1 aliphatic heterocycles. The van der Waals surface area contributed by atoms with E-state index >= 15 is 0 Å². The van der Waals surface area contributed by atoms with Gasteiger partial charge < -0.3 is 10.0 Å². The maximum Gasteiger partial charge on any atom is 0.490 e. The van der Waals surface area contributed by atoms with Crippen molar-refractivity contribution in [2.75, 3.05) is 0 Å². The third kappa shape index (κ3) is 3.37. The van der Waals surface area contributed by atoms with Gasteiger partial charge in [0, 0.05) is 24.7 Å². The van der Waals surface area contributed by atoms with Gasteiger partial charge in [-0.2, -0.15) is 0 Å². The average Bonchev–Trinajstić information content (AvgIpc) is 3.25. The van der Waals surface area contributed by atoms with E-state index in [0.717, 1.165) is 11.3 Å². The number of hydrogen-bond donors (Lipinski definition) is 2. The Bertz CT molecular complexity index is 1070. The van der Waals surface area contributed by atoms with E-state index in [9.17, 15) is 10.0 Å². The molecule has 0 bridgehead atoms. The molecule has 5 rings (SSSR count). The van der Waals surface area contributed by atoms with Crippen molar-refractivity contribution in [2.45, 2.75) is 18.6 Å². The van der Waals surface area contributed by atoms with Crippen LogP contribution in [0.3, 0.4) is 0 Å². The summed E-state index contributed by atoms with van der Waals surface area (Å²) in [6.07, 6.45) is 1.56. The van der Waals surface area contributed by atoms with E-state index in [4.69, 9.17) is 0 Å². The molecule has 0 unspecified atom stereocenters. The molecule has 0 fully saturated rings. The number of rotatable bonds is 5. The lowest BCUT2D eigenvalue weighted by Crippen LogP contribution is -2.45. The zero-order valence-electron chi connectivity index (χ0n) is 17.1. The Hall–Kier alpha value is -3.25. The molecule has 152 valence electrons. The van der Waals surface area contributed by atoms with Crippen molar-refractivity contribution in [3.63, 3.8) is 0 Å². The van der Waals surface area contributed by atoms with Gasteiger partial charge in [0.05, 0.1) is 11.2 Å². The molecule has 4 aromatic rings. The molecule has 0 radical (unpaired) electrons. The van der Waals surface area contributed by atoms with E-state index in [1.807, 2.05) is 24.3 Å². The maximum atomic E-state index is 9.62. The third-order valence-electron chi connectivity index (χ3n) is 6.13. The van der Waals surface area contributed by atoms with Crippen LogP contribution in [0.1, 0.15) is 27.9 Å². The molecule has 0 amide bonds. The minimum Gasteiger partial charge on any atom is -0.423 e.